The lowest BCUT2D eigenvalue weighted by molar-refractivity contribution is 0.0738. The van der Waals surface area contributed by atoms with E-state index >= 15 is 0 Å². The minimum atomic E-state index is -0.0796. The van der Waals surface area contributed by atoms with Crippen molar-refractivity contribution >= 4 is 5.91 Å². The summed E-state index contributed by atoms with van der Waals surface area (Å²) in [6.45, 7) is 5.37. The van der Waals surface area contributed by atoms with Gasteiger partial charge in [0.25, 0.3) is 5.91 Å². The van der Waals surface area contributed by atoms with Crippen LogP contribution in [0.3, 0.4) is 0 Å². The standard InChI is InChI=1S/C23H25N3O2/c1-15-21(16(2)28-24-15)18-10-11-19-20(14-18)22(17-8-6-5-7-9-17)26(23(19)27)13-12-25(3)4/h5-11,14,22H,12-13H2,1-4H3. The molecule has 0 fully saturated rings. The summed E-state index contributed by atoms with van der Waals surface area (Å²) in [5.74, 6) is 0.888. The molecule has 4 rings (SSSR count). The minimum Gasteiger partial charge on any atom is -0.361 e. The van der Waals surface area contributed by atoms with Crippen LogP contribution in [0.2, 0.25) is 0 Å². The average molecular weight is 375 g/mol. The molecule has 0 aliphatic carbocycles. The number of hydrogen-bond acceptors (Lipinski definition) is 4. The van der Waals surface area contributed by atoms with E-state index in [9.17, 15) is 4.79 Å². The number of amides is 1. The van der Waals surface area contributed by atoms with Crippen LogP contribution in [0.15, 0.2) is 53.1 Å². The van der Waals surface area contributed by atoms with Crippen LogP contribution >= 0.6 is 0 Å². The minimum absolute atomic E-state index is 0.0796. The number of benzene rings is 2. The summed E-state index contributed by atoms with van der Waals surface area (Å²) in [6.07, 6.45) is 0. The lowest BCUT2D eigenvalue weighted by atomic mass is 9.93. The first-order valence-corrected chi connectivity index (χ1v) is 9.55. The molecular formula is C23H25N3O2. The van der Waals surface area contributed by atoms with Gasteiger partial charge in [-0.3, -0.25) is 4.79 Å². The van der Waals surface area contributed by atoms with E-state index in [-0.39, 0.29) is 11.9 Å². The van der Waals surface area contributed by atoms with Crippen LogP contribution in [0.1, 0.15) is 39.0 Å². The molecule has 1 amide bonds. The SMILES string of the molecule is Cc1noc(C)c1-c1ccc2c(c1)C(c1ccccc1)N(CCN(C)C)C2=O. The Kier molecular flexibility index (Phi) is 4.77. The first-order chi connectivity index (χ1) is 13.5. The molecule has 2 heterocycles. The summed E-state index contributed by atoms with van der Waals surface area (Å²) in [7, 11) is 4.06. The van der Waals surface area contributed by atoms with Gasteiger partial charge >= 0.3 is 0 Å². The first-order valence-electron chi connectivity index (χ1n) is 9.55. The number of likely N-dealkylation sites (N-methyl/N-ethyl adjacent to an activating group) is 1. The van der Waals surface area contributed by atoms with E-state index in [1.54, 1.807) is 0 Å². The molecule has 5 nitrogen and oxygen atoms in total. The second-order valence-corrected chi connectivity index (χ2v) is 7.62. The van der Waals surface area contributed by atoms with E-state index < -0.39 is 0 Å². The molecule has 144 valence electrons. The largest absolute Gasteiger partial charge is 0.361 e. The number of aryl methyl sites for hydroxylation is 2. The molecule has 5 heteroatoms. The fourth-order valence-corrected chi connectivity index (χ4v) is 4.01. The Morgan fingerprint density at radius 2 is 1.86 bits per heavy atom. The number of hydrogen-bond donors (Lipinski definition) is 0. The number of aromatic nitrogens is 1. The molecule has 1 unspecified atom stereocenters. The Labute approximate surface area is 165 Å². The van der Waals surface area contributed by atoms with Crippen LogP contribution in [-0.4, -0.2) is 48.0 Å². The second-order valence-electron chi connectivity index (χ2n) is 7.62. The summed E-state index contributed by atoms with van der Waals surface area (Å²) >= 11 is 0. The predicted octanol–water partition coefficient (Wildman–Crippen LogP) is 4.07. The third kappa shape index (κ3) is 3.12. The van der Waals surface area contributed by atoms with Crippen molar-refractivity contribution in [1.29, 1.82) is 0 Å². The van der Waals surface area contributed by atoms with Gasteiger partial charge in [0.15, 0.2) is 0 Å². The van der Waals surface area contributed by atoms with E-state index in [2.05, 4.69) is 28.3 Å². The fraction of sp³-hybridized carbons (Fsp3) is 0.304. The summed E-state index contributed by atoms with van der Waals surface area (Å²) in [4.78, 5) is 17.3. The predicted molar refractivity (Wildman–Crippen MR) is 109 cm³/mol. The highest BCUT2D eigenvalue weighted by Crippen LogP contribution is 2.41. The quantitative estimate of drug-likeness (QED) is 0.675. The van der Waals surface area contributed by atoms with Gasteiger partial charge in [0.2, 0.25) is 0 Å². The molecule has 0 N–H and O–H groups in total. The van der Waals surface area contributed by atoms with Crippen molar-refractivity contribution in [3.05, 3.63) is 76.7 Å². The van der Waals surface area contributed by atoms with Crippen molar-refractivity contribution in [2.45, 2.75) is 19.9 Å². The van der Waals surface area contributed by atoms with Crippen LogP contribution in [0, 0.1) is 13.8 Å². The Bertz CT molecular complexity index is 988. The smallest absolute Gasteiger partial charge is 0.255 e. The topological polar surface area (TPSA) is 49.6 Å². The molecule has 28 heavy (non-hydrogen) atoms. The number of carbonyl (C=O) groups excluding carboxylic acids is 1. The van der Waals surface area contributed by atoms with Crippen molar-refractivity contribution in [2.75, 3.05) is 27.2 Å². The molecule has 0 radical (unpaired) electrons. The van der Waals surface area contributed by atoms with Gasteiger partial charge in [-0.25, -0.2) is 0 Å². The second kappa shape index (κ2) is 7.24. The van der Waals surface area contributed by atoms with E-state index in [1.165, 1.54) is 0 Å². The number of carbonyl (C=O) groups is 1. The van der Waals surface area contributed by atoms with E-state index in [0.717, 1.165) is 45.8 Å². The molecule has 0 saturated heterocycles. The molecule has 0 spiro atoms. The molecule has 1 aromatic heterocycles. The molecule has 2 aromatic carbocycles. The molecule has 0 bridgehead atoms. The van der Waals surface area contributed by atoms with Crippen LogP contribution in [-0.2, 0) is 0 Å². The highest BCUT2D eigenvalue weighted by atomic mass is 16.5. The zero-order chi connectivity index (χ0) is 19.8. The zero-order valence-corrected chi connectivity index (χ0v) is 16.8. The van der Waals surface area contributed by atoms with Crippen molar-refractivity contribution in [2.24, 2.45) is 0 Å². The van der Waals surface area contributed by atoms with Gasteiger partial charge in [-0.15, -0.1) is 0 Å². The van der Waals surface area contributed by atoms with Crippen molar-refractivity contribution < 1.29 is 9.32 Å². The summed E-state index contributed by atoms with van der Waals surface area (Å²) in [5.41, 5.74) is 5.87. The highest BCUT2D eigenvalue weighted by Gasteiger charge is 2.37. The van der Waals surface area contributed by atoms with Crippen LogP contribution in [0.4, 0.5) is 0 Å². The maximum atomic E-state index is 13.2. The monoisotopic (exact) mass is 375 g/mol. The van der Waals surface area contributed by atoms with Crippen molar-refractivity contribution in [3.63, 3.8) is 0 Å². The number of rotatable bonds is 5. The van der Waals surface area contributed by atoms with Gasteiger partial charge in [0, 0.05) is 24.2 Å². The lowest BCUT2D eigenvalue weighted by Crippen LogP contribution is -2.35. The van der Waals surface area contributed by atoms with Crippen LogP contribution in [0.25, 0.3) is 11.1 Å². The van der Waals surface area contributed by atoms with E-state index in [1.807, 2.05) is 63.2 Å². The third-order valence-electron chi connectivity index (χ3n) is 5.37. The van der Waals surface area contributed by atoms with Gasteiger partial charge in [0.05, 0.1) is 11.7 Å². The molecule has 1 aliphatic heterocycles. The summed E-state index contributed by atoms with van der Waals surface area (Å²) in [6, 6.07) is 16.3. The fourth-order valence-electron chi connectivity index (χ4n) is 4.01. The van der Waals surface area contributed by atoms with Crippen LogP contribution in [0.5, 0.6) is 0 Å². The Morgan fingerprint density at radius 3 is 2.50 bits per heavy atom. The van der Waals surface area contributed by atoms with Gasteiger partial charge in [-0.1, -0.05) is 41.6 Å². The van der Waals surface area contributed by atoms with E-state index in [0.29, 0.717) is 6.54 Å². The van der Waals surface area contributed by atoms with Gasteiger partial charge in [-0.05, 0) is 56.8 Å². The molecule has 1 atom stereocenters. The molecule has 3 aromatic rings. The number of nitrogens with zero attached hydrogens (tertiary/aromatic N) is 3. The number of fused-ring (bicyclic) bond motifs is 1. The Hall–Kier alpha value is -2.92. The molecule has 1 aliphatic rings. The van der Waals surface area contributed by atoms with Gasteiger partial charge < -0.3 is 14.3 Å². The molecular weight excluding hydrogens is 350 g/mol. The van der Waals surface area contributed by atoms with E-state index in [4.69, 9.17) is 4.52 Å². The Balaban J connectivity index is 1.83. The highest BCUT2D eigenvalue weighted by molar-refractivity contribution is 6.00. The Morgan fingerprint density at radius 1 is 1.11 bits per heavy atom. The lowest BCUT2D eigenvalue weighted by Gasteiger charge is -2.27. The third-order valence-corrected chi connectivity index (χ3v) is 5.37. The maximum absolute atomic E-state index is 13.2. The van der Waals surface area contributed by atoms with Crippen molar-refractivity contribution in [3.8, 4) is 11.1 Å². The zero-order valence-electron chi connectivity index (χ0n) is 16.8. The summed E-state index contributed by atoms with van der Waals surface area (Å²) < 4.78 is 5.35. The summed E-state index contributed by atoms with van der Waals surface area (Å²) in [5, 5.41) is 4.08. The van der Waals surface area contributed by atoms with Crippen LogP contribution < -0.4 is 0 Å². The maximum Gasteiger partial charge on any atom is 0.255 e. The van der Waals surface area contributed by atoms with Gasteiger partial charge in [-0.2, -0.15) is 0 Å². The molecule has 0 saturated carbocycles. The normalized spacial score (nSPS) is 16.1. The van der Waals surface area contributed by atoms with Crippen molar-refractivity contribution in [1.82, 2.24) is 15.0 Å². The average Bonchev–Trinajstić information content (AvgIpc) is 3.16. The van der Waals surface area contributed by atoms with Gasteiger partial charge in [0.1, 0.15) is 5.76 Å². The first kappa shape index (κ1) is 18.4.